The molecule has 3 heteroatoms. The van der Waals surface area contributed by atoms with Crippen LogP contribution in [0.15, 0.2) is 78.9 Å². The largest absolute Gasteiger partial charge is 0.485 e. The number of aryl methyl sites for hydroxylation is 1. The van der Waals surface area contributed by atoms with Gasteiger partial charge in [0.2, 0.25) is 0 Å². The van der Waals surface area contributed by atoms with Crippen LogP contribution in [0.3, 0.4) is 0 Å². The molecule has 0 amide bonds. The highest BCUT2D eigenvalue weighted by Gasteiger charge is 2.07. The van der Waals surface area contributed by atoms with Crippen LogP contribution in [0.2, 0.25) is 0 Å². The Kier molecular flexibility index (Phi) is 7.05. The van der Waals surface area contributed by atoms with E-state index in [0.717, 1.165) is 29.0 Å². The van der Waals surface area contributed by atoms with Crippen molar-refractivity contribution in [3.63, 3.8) is 0 Å². The van der Waals surface area contributed by atoms with Gasteiger partial charge in [0.25, 0.3) is 0 Å². The maximum atomic E-state index is 6.03. The third-order valence-electron chi connectivity index (χ3n) is 3.89. The fourth-order valence-corrected chi connectivity index (χ4v) is 2.48. The summed E-state index contributed by atoms with van der Waals surface area (Å²) in [5, 5.41) is 0. The molecule has 3 N–H and O–H groups in total. The summed E-state index contributed by atoms with van der Waals surface area (Å²) in [5.41, 5.74) is 3.53. The average molecular weight is 335 g/mol. The van der Waals surface area contributed by atoms with Gasteiger partial charge in [-0.15, -0.1) is 0 Å². The van der Waals surface area contributed by atoms with E-state index in [-0.39, 0.29) is 6.15 Å². The first kappa shape index (κ1) is 18.6. The van der Waals surface area contributed by atoms with E-state index >= 15 is 0 Å². The molecule has 0 aliphatic heterocycles. The quantitative estimate of drug-likeness (QED) is 0.614. The Morgan fingerprint density at radius 1 is 0.600 bits per heavy atom. The molecule has 0 bridgehead atoms. The van der Waals surface area contributed by atoms with E-state index < -0.39 is 0 Å². The normalized spacial score (nSPS) is 9.96. The van der Waals surface area contributed by atoms with E-state index in [1.165, 1.54) is 5.56 Å². The van der Waals surface area contributed by atoms with Crippen molar-refractivity contribution in [2.24, 2.45) is 0 Å². The number of ether oxygens (including phenoxy) is 2. The second kappa shape index (κ2) is 9.50. The van der Waals surface area contributed by atoms with Crippen molar-refractivity contribution in [1.82, 2.24) is 6.15 Å². The van der Waals surface area contributed by atoms with Crippen molar-refractivity contribution in [3.05, 3.63) is 95.6 Å². The van der Waals surface area contributed by atoms with Gasteiger partial charge >= 0.3 is 0 Å². The van der Waals surface area contributed by atoms with Crippen molar-refractivity contribution in [1.29, 1.82) is 0 Å². The minimum Gasteiger partial charge on any atom is -0.485 e. The molecule has 0 aliphatic carbocycles. The Hall–Kier alpha value is -2.78. The maximum absolute atomic E-state index is 6.03. The van der Waals surface area contributed by atoms with Crippen LogP contribution in [0.4, 0.5) is 0 Å². The molecule has 0 atom stereocenters. The second-order valence-electron chi connectivity index (χ2n) is 5.68. The highest BCUT2D eigenvalue weighted by molar-refractivity contribution is 5.43. The number of hydrogen-bond acceptors (Lipinski definition) is 3. The lowest BCUT2D eigenvalue weighted by Crippen LogP contribution is -2.01. The summed E-state index contributed by atoms with van der Waals surface area (Å²) in [5.74, 6) is 1.58. The van der Waals surface area contributed by atoms with Crippen molar-refractivity contribution in [2.75, 3.05) is 0 Å². The van der Waals surface area contributed by atoms with Gasteiger partial charge in [-0.3, -0.25) is 0 Å². The number of benzene rings is 3. The van der Waals surface area contributed by atoms with E-state index in [1.54, 1.807) is 0 Å². The zero-order chi connectivity index (χ0) is 16.6. The Balaban J connectivity index is 0.00000225. The molecular weight excluding hydrogens is 310 g/mol. The predicted octanol–water partition coefficient (Wildman–Crippen LogP) is 5.57. The highest BCUT2D eigenvalue weighted by Crippen LogP contribution is 2.30. The topological polar surface area (TPSA) is 53.5 Å². The molecule has 3 rings (SSSR count). The van der Waals surface area contributed by atoms with Crippen molar-refractivity contribution < 1.29 is 9.47 Å². The maximum Gasteiger partial charge on any atom is 0.161 e. The van der Waals surface area contributed by atoms with Crippen LogP contribution in [-0.4, -0.2) is 0 Å². The van der Waals surface area contributed by atoms with Gasteiger partial charge < -0.3 is 15.6 Å². The first-order chi connectivity index (χ1) is 11.8. The Labute approximate surface area is 149 Å². The molecule has 0 heterocycles. The van der Waals surface area contributed by atoms with Gasteiger partial charge in [0.1, 0.15) is 13.2 Å². The lowest BCUT2D eigenvalue weighted by molar-refractivity contribution is 0.255. The van der Waals surface area contributed by atoms with Crippen LogP contribution in [0.1, 0.15) is 23.6 Å². The second-order valence-corrected chi connectivity index (χ2v) is 5.68. The molecule has 0 radical (unpaired) electrons. The molecule has 0 unspecified atom stereocenters. The standard InChI is InChI=1S/C22H22O2.H3N/c1-2-18-13-14-21(23-16-19-9-5-3-6-10-19)22(15-18)24-17-20-11-7-4-8-12-20;/h3-15H,2,16-17H2,1H3;1H3. The molecule has 130 valence electrons. The van der Waals surface area contributed by atoms with Crippen LogP contribution in [0.25, 0.3) is 0 Å². The molecule has 0 aliphatic rings. The molecular formula is C22H25NO2. The summed E-state index contributed by atoms with van der Waals surface area (Å²) in [6.45, 7) is 3.21. The fraction of sp³-hybridized carbons (Fsp3) is 0.182. The van der Waals surface area contributed by atoms with E-state index in [2.05, 4.69) is 43.3 Å². The van der Waals surface area contributed by atoms with Gasteiger partial charge in [0.15, 0.2) is 11.5 Å². The molecule has 0 spiro atoms. The van der Waals surface area contributed by atoms with Gasteiger partial charge in [-0.05, 0) is 35.2 Å². The minimum absolute atomic E-state index is 0. The third-order valence-corrected chi connectivity index (χ3v) is 3.89. The molecule has 3 aromatic rings. The van der Waals surface area contributed by atoms with Crippen LogP contribution < -0.4 is 15.6 Å². The Morgan fingerprint density at radius 3 is 1.64 bits per heavy atom. The zero-order valence-corrected chi connectivity index (χ0v) is 14.7. The highest BCUT2D eigenvalue weighted by atomic mass is 16.5. The molecule has 3 nitrogen and oxygen atoms in total. The van der Waals surface area contributed by atoms with Crippen LogP contribution in [0.5, 0.6) is 11.5 Å². The van der Waals surface area contributed by atoms with Gasteiger partial charge in [-0.25, -0.2) is 0 Å². The molecule has 0 saturated heterocycles. The van der Waals surface area contributed by atoms with Gasteiger partial charge in [0, 0.05) is 0 Å². The molecule has 0 saturated carbocycles. The molecule has 0 fully saturated rings. The van der Waals surface area contributed by atoms with E-state index in [0.29, 0.717) is 13.2 Å². The van der Waals surface area contributed by atoms with Crippen molar-refractivity contribution in [2.45, 2.75) is 26.6 Å². The first-order valence-electron chi connectivity index (χ1n) is 8.31. The zero-order valence-electron chi connectivity index (χ0n) is 14.7. The summed E-state index contributed by atoms with van der Waals surface area (Å²) >= 11 is 0. The summed E-state index contributed by atoms with van der Waals surface area (Å²) < 4.78 is 12.0. The van der Waals surface area contributed by atoms with Gasteiger partial charge in [0.05, 0.1) is 0 Å². The lowest BCUT2D eigenvalue weighted by atomic mass is 10.1. The van der Waals surface area contributed by atoms with Crippen LogP contribution in [0, 0.1) is 0 Å². The van der Waals surface area contributed by atoms with Crippen LogP contribution in [-0.2, 0) is 19.6 Å². The van der Waals surface area contributed by atoms with E-state index in [4.69, 9.17) is 9.47 Å². The summed E-state index contributed by atoms with van der Waals surface area (Å²) in [6.07, 6.45) is 0.973. The summed E-state index contributed by atoms with van der Waals surface area (Å²) in [7, 11) is 0. The van der Waals surface area contributed by atoms with Gasteiger partial charge in [-0.2, -0.15) is 0 Å². The fourth-order valence-electron chi connectivity index (χ4n) is 2.48. The SMILES string of the molecule is CCc1ccc(OCc2ccccc2)c(OCc2ccccc2)c1.N. The smallest absolute Gasteiger partial charge is 0.161 e. The van der Waals surface area contributed by atoms with Crippen molar-refractivity contribution in [3.8, 4) is 11.5 Å². The predicted molar refractivity (Wildman–Crippen MR) is 102 cm³/mol. The molecule has 25 heavy (non-hydrogen) atoms. The van der Waals surface area contributed by atoms with E-state index in [9.17, 15) is 0 Å². The van der Waals surface area contributed by atoms with Crippen molar-refractivity contribution >= 4 is 0 Å². The average Bonchev–Trinajstić information content (AvgIpc) is 2.66. The Bertz CT molecular complexity index is 757. The summed E-state index contributed by atoms with van der Waals surface area (Å²) in [4.78, 5) is 0. The minimum atomic E-state index is 0. The monoisotopic (exact) mass is 335 g/mol. The Morgan fingerprint density at radius 2 is 1.12 bits per heavy atom. The lowest BCUT2D eigenvalue weighted by Gasteiger charge is -2.14. The van der Waals surface area contributed by atoms with Gasteiger partial charge in [-0.1, -0.05) is 73.7 Å². The first-order valence-corrected chi connectivity index (χ1v) is 8.31. The summed E-state index contributed by atoms with van der Waals surface area (Å²) in [6, 6.07) is 26.5. The third kappa shape index (κ3) is 5.37. The number of rotatable bonds is 7. The van der Waals surface area contributed by atoms with E-state index in [1.807, 2.05) is 42.5 Å². The molecule has 3 aromatic carbocycles. The van der Waals surface area contributed by atoms with Crippen LogP contribution >= 0.6 is 0 Å². The molecule has 0 aromatic heterocycles. The number of hydrogen-bond donors (Lipinski definition) is 1.